The van der Waals surface area contributed by atoms with Crippen molar-refractivity contribution in [2.45, 2.75) is 99.0 Å². The number of anilines is 2. The Bertz CT molecular complexity index is 4110. The molecule has 0 spiro atoms. The zero-order chi connectivity index (χ0) is 60.0. The van der Waals surface area contributed by atoms with E-state index in [-0.39, 0.29) is 40.2 Å². The number of nitrogens with zero attached hydrogens (tertiary/aromatic N) is 8. The molecule has 14 rings (SSSR count). The van der Waals surface area contributed by atoms with Gasteiger partial charge in [0.25, 0.3) is 0 Å². The fourth-order valence-electron chi connectivity index (χ4n) is 11.1. The zero-order valence-corrected chi connectivity index (χ0v) is 56.5. The van der Waals surface area contributed by atoms with Gasteiger partial charge in [0.2, 0.25) is 0 Å². The molecule has 0 fully saturated rings. The zero-order valence-electron chi connectivity index (χ0n) is 51.7. The van der Waals surface area contributed by atoms with E-state index in [1.807, 2.05) is 146 Å². The minimum atomic E-state index is 0. The molecule has 0 unspecified atom stereocenters. The van der Waals surface area contributed by atoms with Gasteiger partial charge in [-0.1, -0.05) is 150 Å². The molecule has 88 heavy (non-hydrogen) atoms. The topological polar surface area (TPSA) is 74.9 Å². The normalized spacial score (nSPS) is 12.8. The summed E-state index contributed by atoms with van der Waals surface area (Å²) in [4.78, 5) is 17.4. The number of fused-ring (bicyclic) bond motifs is 6. The van der Waals surface area contributed by atoms with E-state index in [9.17, 15) is 0 Å². The van der Waals surface area contributed by atoms with Gasteiger partial charge in [-0.05, 0) is 110 Å². The SMILES string of the molecule is CC(C)N1C=CN(c2[c-]ccc3c2oc2ccccc23)[CH-]1.CC(C)c1cccc(C(C)C)c1-n1ccnc1-c1[c-]cccc1.CC(C)c1cccc(C(C)C)c1-n1ccnc1-c1[c-]cccc1.CN1C=CN(c2[c-]ccc3c2oc2ccccc23)[CH-]1.[Ir+3].[Ir+3]. The fourth-order valence-corrected chi connectivity index (χ4v) is 11.1. The van der Waals surface area contributed by atoms with Crippen LogP contribution in [-0.4, -0.2) is 42.0 Å². The third-order valence-electron chi connectivity index (χ3n) is 15.5. The molecule has 4 aromatic heterocycles. The molecule has 2 aliphatic heterocycles. The Labute approximate surface area is 546 Å². The first kappa shape index (κ1) is 64.2. The Balaban J connectivity index is 0.000000139. The van der Waals surface area contributed by atoms with Crippen LogP contribution in [0.4, 0.5) is 11.4 Å². The first-order valence-corrected chi connectivity index (χ1v) is 29.8. The quantitative estimate of drug-likeness (QED) is 0.119. The van der Waals surface area contributed by atoms with E-state index in [1.54, 1.807) is 0 Å². The standard InChI is InChI=1S/2C21H23N2.C18H16N2O.C16H12N2O.2Ir/c2*1-15(2)18-11-8-12-19(16(3)4)20(18)23-14-13-22-21(23)17-9-6-5-7-10-17;1-13(2)19-10-11-20(12-19)16-8-5-7-15-14-6-3-4-9-17(14)21-18(15)16;1-17-9-10-18(11-17)14-7-4-6-13-12-5-2-3-8-15(12)19-16(13)14;;/h2*5-9,11-16H,1-4H3;3-7,9-13H,1-2H3;2-6,8-11H,1H3;;/q2*-1;2*-2;2*+3. The van der Waals surface area contributed by atoms with Gasteiger partial charge < -0.3 is 37.6 Å². The van der Waals surface area contributed by atoms with Crippen molar-refractivity contribution in [1.82, 2.24) is 28.9 Å². The van der Waals surface area contributed by atoms with Gasteiger partial charge in [-0.2, -0.15) is 49.7 Å². The number of hydrogen-bond acceptors (Lipinski definition) is 8. The number of imidazole rings is 2. The third kappa shape index (κ3) is 13.6. The van der Waals surface area contributed by atoms with Crippen LogP contribution in [0.3, 0.4) is 0 Å². The predicted octanol–water partition coefficient (Wildman–Crippen LogP) is 19.4. The predicted molar refractivity (Wildman–Crippen MR) is 354 cm³/mol. The van der Waals surface area contributed by atoms with Crippen molar-refractivity contribution in [3.05, 3.63) is 267 Å². The van der Waals surface area contributed by atoms with Crippen LogP contribution in [0.2, 0.25) is 0 Å². The van der Waals surface area contributed by atoms with Crippen LogP contribution >= 0.6 is 0 Å². The van der Waals surface area contributed by atoms with Gasteiger partial charge in [0.15, 0.2) is 0 Å². The van der Waals surface area contributed by atoms with Gasteiger partial charge in [0, 0.05) is 58.1 Å². The van der Waals surface area contributed by atoms with Gasteiger partial charge in [-0.15, -0.1) is 71.8 Å². The van der Waals surface area contributed by atoms with Gasteiger partial charge in [0.1, 0.15) is 11.2 Å². The van der Waals surface area contributed by atoms with Crippen molar-refractivity contribution in [1.29, 1.82) is 0 Å². The first-order chi connectivity index (χ1) is 41.7. The van der Waals surface area contributed by atoms with E-state index in [0.717, 1.165) is 78.0 Å². The summed E-state index contributed by atoms with van der Waals surface area (Å²) in [6.45, 7) is 26.3. The number of furan rings is 2. The van der Waals surface area contributed by atoms with Gasteiger partial charge >= 0.3 is 40.2 Å². The van der Waals surface area contributed by atoms with E-state index in [1.165, 1.54) is 33.6 Å². The summed E-state index contributed by atoms with van der Waals surface area (Å²) in [5.41, 5.74) is 15.5. The first-order valence-electron chi connectivity index (χ1n) is 29.8. The molecule has 0 saturated carbocycles. The van der Waals surface area contributed by atoms with E-state index in [2.05, 4.69) is 214 Å². The summed E-state index contributed by atoms with van der Waals surface area (Å²) in [5.74, 6) is 3.72. The molecular weight excluding hydrogens is 1440 g/mol. The van der Waals surface area contributed by atoms with Crippen LogP contribution in [-0.2, 0) is 40.2 Å². The number of rotatable bonds is 11. The maximum absolute atomic E-state index is 6.05. The van der Waals surface area contributed by atoms with Crippen molar-refractivity contribution in [3.8, 4) is 34.2 Å². The fraction of sp³-hybridized carbons (Fsp3) is 0.211. The molecule has 0 N–H and O–H groups in total. The average molecular weight is 1520 g/mol. The summed E-state index contributed by atoms with van der Waals surface area (Å²) in [7, 11) is 2.00. The van der Waals surface area contributed by atoms with Crippen molar-refractivity contribution in [3.63, 3.8) is 0 Å². The average Bonchev–Trinajstić information content (AvgIpc) is 2.13. The number of para-hydroxylation sites is 4. The third-order valence-corrected chi connectivity index (χ3v) is 15.5. The molecule has 448 valence electrons. The minimum Gasteiger partial charge on any atom is -0.514 e. The van der Waals surface area contributed by atoms with E-state index >= 15 is 0 Å². The van der Waals surface area contributed by atoms with E-state index < -0.39 is 0 Å². The molecule has 10 nitrogen and oxygen atoms in total. The summed E-state index contributed by atoms with van der Waals surface area (Å²) in [6, 6.07) is 67.1. The minimum absolute atomic E-state index is 0. The summed E-state index contributed by atoms with van der Waals surface area (Å²) >= 11 is 0. The van der Waals surface area contributed by atoms with Gasteiger partial charge in [0.05, 0.1) is 11.6 Å². The van der Waals surface area contributed by atoms with Crippen molar-refractivity contribution >= 4 is 55.3 Å². The second kappa shape index (κ2) is 28.7. The summed E-state index contributed by atoms with van der Waals surface area (Å²) < 4.78 is 16.5. The van der Waals surface area contributed by atoms with Crippen LogP contribution in [0.15, 0.2) is 216 Å². The van der Waals surface area contributed by atoms with E-state index in [0.29, 0.717) is 29.7 Å². The van der Waals surface area contributed by atoms with Crippen molar-refractivity contribution in [2.24, 2.45) is 0 Å². The second-order valence-electron chi connectivity index (χ2n) is 23.2. The summed E-state index contributed by atoms with van der Waals surface area (Å²) in [6.07, 6.45) is 16.0. The molecule has 0 atom stereocenters. The smallest absolute Gasteiger partial charge is 0.514 e. The van der Waals surface area contributed by atoms with E-state index in [4.69, 9.17) is 8.83 Å². The Morgan fingerprint density at radius 3 is 1.19 bits per heavy atom. The van der Waals surface area contributed by atoms with Crippen LogP contribution in [0.1, 0.15) is 115 Å². The van der Waals surface area contributed by atoms with Crippen LogP contribution in [0.5, 0.6) is 0 Å². The Morgan fingerprint density at radius 1 is 0.409 bits per heavy atom. The van der Waals surface area contributed by atoms with Gasteiger partial charge in [-0.3, -0.25) is 9.97 Å². The van der Waals surface area contributed by atoms with Crippen LogP contribution in [0.25, 0.3) is 78.0 Å². The molecule has 6 heterocycles. The van der Waals surface area contributed by atoms with Crippen molar-refractivity contribution in [2.75, 3.05) is 16.8 Å². The second-order valence-corrected chi connectivity index (χ2v) is 23.2. The monoisotopic (exact) mass is 1520 g/mol. The molecule has 2 aliphatic rings. The number of hydrogen-bond donors (Lipinski definition) is 0. The maximum atomic E-state index is 6.05. The molecule has 0 saturated heterocycles. The molecule has 12 aromatic rings. The Kier molecular flexibility index (Phi) is 21.0. The molecule has 12 heteroatoms. The molecule has 0 radical (unpaired) electrons. The Hall–Kier alpha value is -8.24. The van der Waals surface area contributed by atoms with Crippen molar-refractivity contribution < 1.29 is 49.0 Å². The molecular formula is C76H74Ir2N8O2. The maximum Gasteiger partial charge on any atom is 3.00 e. The largest absolute Gasteiger partial charge is 3.00 e. The van der Waals surface area contributed by atoms with Crippen LogP contribution < -0.4 is 9.80 Å². The molecule has 0 aliphatic carbocycles. The van der Waals surface area contributed by atoms with Gasteiger partial charge in [-0.25, -0.2) is 0 Å². The summed E-state index contributed by atoms with van der Waals surface area (Å²) in [5, 5.41) is 4.54. The number of aromatic nitrogens is 4. The molecule has 8 aromatic carbocycles. The molecule has 0 bridgehead atoms. The Morgan fingerprint density at radius 2 is 0.818 bits per heavy atom. The number of benzene rings is 8. The molecule has 0 amide bonds. The van der Waals surface area contributed by atoms with Crippen LogP contribution in [0, 0.1) is 37.6 Å².